The molecular weight excluding hydrogens is 320 g/mol. The molecule has 0 aromatic carbocycles. The predicted molar refractivity (Wildman–Crippen MR) is 89.0 cm³/mol. The van der Waals surface area contributed by atoms with Crippen molar-refractivity contribution in [1.82, 2.24) is 15.0 Å². The zero-order chi connectivity index (χ0) is 15.9. The van der Waals surface area contributed by atoms with Gasteiger partial charge in [-0.05, 0) is 25.3 Å². The Morgan fingerprint density at radius 1 is 1.32 bits per heavy atom. The first-order valence-corrected chi connectivity index (χ1v) is 8.35. The van der Waals surface area contributed by atoms with Crippen LogP contribution < -0.4 is 4.90 Å². The van der Waals surface area contributed by atoms with Gasteiger partial charge in [-0.2, -0.15) is 0 Å². The van der Waals surface area contributed by atoms with Gasteiger partial charge in [0, 0.05) is 13.1 Å². The van der Waals surface area contributed by atoms with Crippen LogP contribution in [0.5, 0.6) is 0 Å². The van der Waals surface area contributed by atoms with Gasteiger partial charge in [0.25, 0.3) is 0 Å². The van der Waals surface area contributed by atoms with E-state index in [0.717, 1.165) is 27.7 Å². The molecule has 6 nitrogen and oxygen atoms in total. The van der Waals surface area contributed by atoms with Gasteiger partial charge in [-0.15, -0.1) is 11.3 Å². The van der Waals surface area contributed by atoms with Crippen LogP contribution in [0.2, 0.25) is 0 Å². The van der Waals surface area contributed by atoms with Crippen LogP contribution in [0.1, 0.15) is 23.6 Å². The standard InChI is InChI=1S/C14H14N4O2S2/c1-7(2)18(3)11-9(8-5-4-6-21-8)15-10-12(17-11)22-13(16-10)14(19)20/h4-7H,1-3H3,(H,19,20). The molecule has 0 amide bonds. The number of hydrogen-bond donors (Lipinski definition) is 1. The third-order valence-corrected chi connectivity index (χ3v) is 5.08. The van der Waals surface area contributed by atoms with Crippen molar-refractivity contribution in [3.8, 4) is 10.6 Å². The number of rotatable bonds is 4. The van der Waals surface area contributed by atoms with E-state index in [4.69, 9.17) is 5.11 Å². The van der Waals surface area contributed by atoms with Crippen LogP contribution in [0.15, 0.2) is 17.5 Å². The number of carboxylic acid groups (broad SMARTS) is 1. The summed E-state index contributed by atoms with van der Waals surface area (Å²) in [5.74, 6) is -0.313. The molecule has 22 heavy (non-hydrogen) atoms. The number of anilines is 1. The average molecular weight is 334 g/mol. The number of hydrogen-bond acceptors (Lipinski definition) is 7. The van der Waals surface area contributed by atoms with Crippen LogP contribution in [-0.4, -0.2) is 39.1 Å². The Hall–Kier alpha value is -2.06. The van der Waals surface area contributed by atoms with E-state index in [1.54, 1.807) is 11.3 Å². The van der Waals surface area contributed by atoms with Gasteiger partial charge >= 0.3 is 5.97 Å². The van der Waals surface area contributed by atoms with E-state index < -0.39 is 5.97 Å². The highest BCUT2D eigenvalue weighted by Crippen LogP contribution is 2.34. The van der Waals surface area contributed by atoms with Gasteiger partial charge in [-0.25, -0.2) is 19.7 Å². The maximum Gasteiger partial charge on any atom is 0.365 e. The van der Waals surface area contributed by atoms with Gasteiger partial charge in [0.05, 0.1) is 4.88 Å². The quantitative estimate of drug-likeness (QED) is 0.788. The summed E-state index contributed by atoms with van der Waals surface area (Å²) in [6.07, 6.45) is 0. The second-order valence-electron chi connectivity index (χ2n) is 5.03. The summed E-state index contributed by atoms with van der Waals surface area (Å²) in [6, 6.07) is 4.18. The molecule has 0 aliphatic rings. The number of carboxylic acids is 1. The summed E-state index contributed by atoms with van der Waals surface area (Å²) in [7, 11) is 1.96. The van der Waals surface area contributed by atoms with Gasteiger partial charge < -0.3 is 10.0 Å². The first kappa shape index (κ1) is 14.9. The lowest BCUT2D eigenvalue weighted by atomic mass is 10.2. The molecule has 0 atom stereocenters. The number of thiophene rings is 1. The van der Waals surface area contributed by atoms with Crippen molar-refractivity contribution in [2.24, 2.45) is 0 Å². The van der Waals surface area contributed by atoms with Gasteiger partial charge in [-0.1, -0.05) is 17.4 Å². The van der Waals surface area contributed by atoms with Crippen molar-refractivity contribution in [1.29, 1.82) is 0 Å². The second kappa shape index (κ2) is 5.62. The minimum atomic E-state index is -1.05. The molecule has 0 spiro atoms. The largest absolute Gasteiger partial charge is 0.476 e. The molecule has 0 saturated heterocycles. The Morgan fingerprint density at radius 3 is 2.68 bits per heavy atom. The summed E-state index contributed by atoms with van der Waals surface area (Å²) in [4.78, 5) is 27.9. The maximum atomic E-state index is 11.1. The highest BCUT2D eigenvalue weighted by atomic mass is 32.1. The van der Waals surface area contributed by atoms with Gasteiger partial charge in [0.2, 0.25) is 5.01 Å². The van der Waals surface area contributed by atoms with Crippen molar-refractivity contribution in [2.45, 2.75) is 19.9 Å². The van der Waals surface area contributed by atoms with E-state index in [-0.39, 0.29) is 11.0 Å². The Balaban J connectivity index is 2.25. The molecular formula is C14H14N4O2S2. The lowest BCUT2D eigenvalue weighted by Crippen LogP contribution is -2.27. The van der Waals surface area contributed by atoms with E-state index in [1.807, 2.05) is 29.5 Å². The van der Waals surface area contributed by atoms with E-state index >= 15 is 0 Å². The Morgan fingerprint density at radius 2 is 2.09 bits per heavy atom. The fraction of sp³-hybridized carbons (Fsp3) is 0.286. The SMILES string of the molecule is CC(C)N(C)c1nc2sc(C(=O)O)nc2nc1-c1cccs1. The molecule has 1 N–H and O–H groups in total. The zero-order valence-corrected chi connectivity index (χ0v) is 13.9. The molecule has 0 radical (unpaired) electrons. The molecule has 8 heteroatoms. The molecule has 3 aromatic rings. The monoisotopic (exact) mass is 334 g/mol. The van der Waals surface area contributed by atoms with Crippen molar-refractivity contribution in [2.75, 3.05) is 11.9 Å². The van der Waals surface area contributed by atoms with Crippen molar-refractivity contribution >= 4 is 44.9 Å². The van der Waals surface area contributed by atoms with E-state index in [0.29, 0.717) is 10.5 Å². The zero-order valence-electron chi connectivity index (χ0n) is 12.3. The molecule has 0 aliphatic carbocycles. The number of thiazole rings is 1. The summed E-state index contributed by atoms with van der Waals surface area (Å²) in [5.41, 5.74) is 1.12. The first-order chi connectivity index (χ1) is 10.5. The average Bonchev–Trinajstić information content (AvgIpc) is 3.13. The molecule has 3 rings (SSSR count). The lowest BCUT2D eigenvalue weighted by Gasteiger charge is -2.24. The third kappa shape index (κ3) is 2.55. The Labute approximate surface area is 135 Å². The molecule has 0 saturated carbocycles. The fourth-order valence-corrected chi connectivity index (χ4v) is 3.34. The number of fused-ring (bicyclic) bond motifs is 1. The Bertz CT molecular complexity index is 827. The van der Waals surface area contributed by atoms with E-state index in [9.17, 15) is 4.79 Å². The van der Waals surface area contributed by atoms with E-state index in [1.165, 1.54) is 0 Å². The molecule has 0 unspecified atom stereocenters. The molecule has 3 heterocycles. The molecule has 0 aliphatic heterocycles. The van der Waals surface area contributed by atoms with E-state index in [2.05, 4.69) is 28.8 Å². The summed E-state index contributed by atoms with van der Waals surface area (Å²) in [6.45, 7) is 4.14. The topological polar surface area (TPSA) is 79.2 Å². The van der Waals surface area contributed by atoms with Crippen LogP contribution >= 0.6 is 22.7 Å². The van der Waals surface area contributed by atoms with Crippen molar-refractivity contribution in [3.05, 3.63) is 22.5 Å². The summed E-state index contributed by atoms with van der Waals surface area (Å²) < 4.78 is 0. The fourth-order valence-electron chi connectivity index (χ4n) is 1.92. The molecule has 3 aromatic heterocycles. The van der Waals surface area contributed by atoms with Crippen LogP contribution in [-0.2, 0) is 0 Å². The summed E-state index contributed by atoms with van der Waals surface area (Å²) >= 11 is 2.62. The maximum absolute atomic E-state index is 11.1. The number of carbonyl (C=O) groups is 1. The first-order valence-electron chi connectivity index (χ1n) is 6.66. The highest BCUT2D eigenvalue weighted by Gasteiger charge is 2.20. The molecule has 114 valence electrons. The predicted octanol–water partition coefficient (Wildman–Crippen LogP) is 3.36. The van der Waals surface area contributed by atoms with Gasteiger partial charge in [0.1, 0.15) is 5.69 Å². The van der Waals surface area contributed by atoms with Crippen molar-refractivity contribution < 1.29 is 9.90 Å². The van der Waals surface area contributed by atoms with Crippen molar-refractivity contribution in [3.63, 3.8) is 0 Å². The van der Waals surface area contributed by atoms with Gasteiger partial charge in [-0.3, -0.25) is 0 Å². The smallest absolute Gasteiger partial charge is 0.365 e. The summed E-state index contributed by atoms with van der Waals surface area (Å²) in [5, 5.41) is 11.1. The van der Waals surface area contributed by atoms with Gasteiger partial charge in [0.15, 0.2) is 16.3 Å². The highest BCUT2D eigenvalue weighted by molar-refractivity contribution is 7.19. The normalized spacial score (nSPS) is 11.3. The van der Waals surface area contributed by atoms with Crippen LogP contribution in [0, 0.1) is 0 Å². The minimum Gasteiger partial charge on any atom is -0.476 e. The van der Waals surface area contributed by atoms with Crippen LogP contribution in [0.4, 0.5) is 5.82 Å². The van der Waals surface area contributed by atoms with Crippen LogP contribution in [0.25, 0.3) is 21.0 Å². The number of nitrogens with zero attached hydrogens (tertiary/aromatic N) is 4. The molecule has 0 bridgehead atoms. The third-order valence-electron chi connectivity index (χ3n) is 3.28. The second-order valence-corrected chi connectivity index (χ2v) is 6.96. The molecule has 0 fully saturated rings. The van der Waals surface area contributed by atoms with Crippen LogP contribution in [0.3, 0.4) is 0 Å². The Kier molecular flexibility index (Phi) is 3.79. The number of aromatic nitrogens is 3. The lowest BCUT2D eigenvalue weighted by molar-refractivity contribution is 0.0696. The minimum absolute atomic E-state index is 0.0106. The number of aromatic carboxylic acids is 1.